The summed E-state index contributed by atoms with van der Waals surface area (Å²) in [5.41, 5.74) is 3.81. The maximum atomic E-state index is 13.1. The molecule has 7 heteroatoms. The van der Waals surface area contributed by atoms with E-state index in [0.717, 1.165) is 16.8 Å². The molecule has 1 saturated heterocycles. The lowest BCUT2D eigenvalue weighted by Crippen LogP contribution is -2.50. The number of H-pyrrole nitrogens is 1. The number of hydrogen-bond acceptors (Lipinski definition) is 4. The van der Waals surface area contributed by atoms with Gasteiger partial charge in [0, 0.05) is 24.9 Å². The Balaban J connectivity index is 1.87. The van der Waals surface area contributed by atoms with Gasteiger partial charge in [-0.2, -0.15) is 0 Å². The topological polar surface area (TPSA) is 98.3 Å². The lowest BCUT2D eigenvalue weighted by atomic mass is 9.81. The number of nitrogens with zero attached hydrogens (tertiary/aromatic N) is 2. The van der Waals surface area contributed by atoms with Gasteiger partial charge < -0.3 is 9.88 Å². The zero-order valence-corrected chi connectivity index (χ0v) is 14.3. The molecule has 0 bridgehead atoms. The van der Waals surface area contributed by atoms with Gasteiger partial charge in [0.05, 0.1) is 11.7 Å². The molecule has 1 aliphatic heterocycles. The van der Waals surface area contributed by atoms with Crippen molar-refractivity contribution in [3.8, 4) is 0 Å². The summed E-state index contributed by atoms with van der Waals surface area (Å²) in [6, 6.07) is 7.11. The first kappa shape index (κ1) is 17.2. The van der Waals surface area contributed by atoms with Crippen molar-refractivity contribution in [3.05, 3.63) is 53.6 Å². The molecule has 2 aromatic rings. The number of imidazole rings is 1. The summed E-state index contributed by atoms with van der Waals surface area (Å²) < 4.78 is 0. The van der Waals surface area contributed by atoms with E-state index in [-0.39, 0.29) is 12.3 Å². The number of nitrogens with one attached hydrogen (secondary N) is 2. The minimum Gasteiger partial charge on any atom is -0.348 e. The standard InChI is InChI=1S/C18H22N4O3/c1-12-3-5-13(6-4-12)18(2)7-8-22(17(18)24)15(16(23)21-25)9-14-10-19-11-20-14/h3-6,10-11,15,25H,7-9H2,1-2H3,(H,19,20)(H,21,23). The van der Waals surface area contributed by atoms with Crippen LogP contribution < -0.4 is 5.48 Å². The van der Waals surface area contributed by atoms with Crippen molar-refractivity contribution in [2.45, 2.75) is 38.1 Å². The van der Waals surface area contributed by atoms with E-state index in [1.807, 2.05) is 38.1 Å². The van der Waals surface area contributed by atoms with Gasteiger partial charge in [-0.1, -0.05) is 29.8 Å². The zero-order valence-electron chi connectivity index (χ0n) is 14.3. The SMILES string of the molecule is Cc1ccc(C2(C)CCN(C(Cc3cnc[nH]3)C(=O)NO)C2=O)cc1. The predicted molar refractivity (Wildman–Crippen MR) is 90.9 cm³/mol. The smallest absolute Gasteiger partial charge is 0.266 e. The lowest BCUT2D eigenvalue weighted by molar-refractivity contribution is -0.143. The summed E-state index contributed by atoms with van der Waals surface area (Å²) in [6.07, 6.45) is 4.01. The summed E-state index contributed by atoms with van der Waals surface area (Å²) in [6.45, 7) is 4.36. The van der Waals surface area contributed by atoms with Crippen LogP contribution in [0.5, 0.6) is 0 Å². The maximum Gasteiger partial charge on any atom is 0.266 e. The van der Waals surface area contributed by atoms with Crippen LogP contribution in [0.15, 0.2) is 36.8 Å². The first-order valence-corrected chi connectivity index (χ1v) is 8.25. The number of likely N-dealkylation sites (tertiary alicyclic amines) is 1. The fraction of sp³-hybridized carbons (Fsp3) is 0.389. The molecule has 0 spiro atoms. The minimum atomic E-state index is -0.787. The Labute approximate surface area is 146 Å². The van der Waals surface area contributed by atoms with Gasteiger partial charge in [-0.25, -0.2) is 10.5 Å². The number of hydrogen-bond donors (Lipinski definition) is 3. The van der Waals surface area contributed by atoms with E-state index >= 15 is 0 Å². The molecule has 0 aliphatic carbocycles. The second kappa shape index (κ2) is 6.68. The van der Waals surface area contributed by atoms with E-state index in [9.17, 15) is 9.59 Å². The molecule has 2 amide bonds. The third-order valence-electron chi connectivity index (χ3n) is 5.03. The zero-order chi connectivity index (χ0) is 18.0. The van der Waals surface area contributed by atoms with Crippen LogP contribution in [0.3, 0.4) is 0 Å². The van der Waals surface area contributed by atoms with E-state index in [1.165, 1.54) is 6.33 Å². The fourth-order valence-electron chi connectivity index (χ4n) is 3.38. The Morgan fingerprint density at radius 3 is 2.76 bits per heavy atom. The Hall–Kier alpha value is -2.67. The van der Waals surface area contributed by atoms with Crippen LogP contribution >= 0.6 is 0 Å². The van der Waals surface area contributed by atoms with Crippen LogP contribution in [0.2, 0.25) is 0 Å². The van der Waals surface area contributed by atoms with E-state index in [1.54, 1.807) is 16.6 Å². The van der Waals surface area contributed by atoms with E-state index in [0.29, 0.717) is 13.0 Å². The molecule has 0 saturated carbocycles. The van der Waals surface area contributed by atoms with Crippen LogP contribution in [0.1, 0.15) is 30.2 Å². The third-order valence-corrected chi connectivity index (χ3v) is 5.03. The molecule has 1 aromatic carbocycles. The number of aromatic amines is 1. The monoisotopic (exact) mass is 342 g/mol. The van der Waals surface area contributed by atoms with Crippen molar-refractivity contribution in [2.24, 2.45) is 0 Å². The molecule has 2 heterocycles. The number of amides is 2. The van der Waals surface area contributed by atoms with Gasteiger partial charge in [-0.15, -0.1) is 0 Å². The quantitative estimate of drug-likeness (QED) is 0.564. The van der Waals surface area contributed by atoms with Crippen LogP contribution in [-0.2, 0) is 21.4 Å². The highest BCUT2D eigenvalue weighted by Crippen LogP contribution is 2.37. The summed E-state index contributed by atoms with van der Waals surface area (Å²) in [5, 5.41) is 9.09. The van der Waals surface area contributed by atoms with Crippen molar-refractivity contribution in [1.82, 2.24) is 20.3 Å². The van der Waals surface area contributed by atoms with E-state index < -0.39 is 17.4 Å². The number of carbonyl (C=O) groups excluding carboxylic acids is 2. The van der Waals surface area contributed by atoms with Gasteiger partial charge in [0.2, 0.25) is 5.91 Å². The normalized spacial score (nSPS) is 21.4. The second-order valence-electron chi connectivity index (χ2n) is 6.72. The van der Waals surface area contributed by atoms with Crippen molar-refractivity contribution in [1.29, 1.82) is 0 Å². The summed E-state index contributed by atoms with van der Waals surface area (Å²) in [5.74, 6) is -0.708. The van der Waals surface area contributed by atoms with Crippen LogP contribution in [0.4, 0.5) is 0 Å². The predicted octanol–water partition coefficient (Wildman–Crippen LogP) is 1.32. The molecule has 3 rings (SSSR count). The van der Waals surface area contributed by atoms with Gasteiger partial charge in [0.25, 0.3) is 5.91 Å². The van der Waals surface area contributed by atoms with Crippen LogP contribution in [0.25, 0.3) is 0 Å². The maximum absolute atomic E-state index is 13.1. The Morgan fingerprint density at radius 2 is 2.16 bits per heavy atom. The second-order valence-corrected chi connectivity index (χ2v) is 6.72. The van der Waals surface area contributed by atoms with Crippen LogP contribution in [0, 0.1) is 6.92 Å². The van der Waals surface area contributed by atoms with Gasteiger partial charge >= 0.3 is 0 Å². The molecule has 25 heavy (non-hydrogen) atoms. The number of aryl methyl sites for hydroxylation is 1. The Bertz CT molecular complexity index is 757. The highest BCUT2D eigenvalue weighted by Gasteiger charge is 2.47. The van der Waals surface area contributed by atoms with Gasteiger partial charge in [-0.05, 0) is 25.8 Å². The lowest BCUT2D eigenvalue weighted by Gasteiger charge is -2.29. The summed E-state index contributed by atoms with van der Waals surface area (Å²) in [4.78, 5) is 33.7. The third kappa shape index (κ3) is 3.15. The molecular formula is C18H22N4O3. The Morgan fingerprint density at radius 1 is 1.44 bits per heavy atom. The molecule has 1 aromatic heterocycles. The number of rotatable bonds is 5. The number of hydroxylamine groups is 1. The molecule has 1 fully saturated rings. The molecule has 7 nitrogen and oxygen atoms in total. The van der Waals surface area contributed by atoms with E-state index in [4.69, 9.17) is 5.21 Å². The van der Waals surface area contributed by atoms with Crippen molar-refractivity contribution in [2.75, 3.05) is 6.54 Å². The molecule has 3 N–H and O–H groups in total. The summed E-state index contributed by atoms with van der Waals surface area (Å²) in [7, 11) is 0. The average molecular weight is 342 g/mol. The number of carbonyl (C=O) groups is 2. The van der Waals surface area contributed by atoms with E-state index in [2.05, 4.69) is 9.97 Å². The van der Waals surface area contributed by atoms with Gasteiger partial charge in [-0.3, -0.25) is 14.8 Å². The van der Waals surface area contributed by atoms with Crippen molar-refractivity contribution < 1.29 is 14.8 Å². The molecule has 1 aliphatic rings. The minimum absolute atomic E-state index is 0.107. The molecule has 2 atom stereocenters. The first-order chi connectivity index (χ1) is 12.0. The molecule has 132 valence electrons. The van der Waals surface area contributed by atoms with Gasteiger partial charge in [0.15, 0.2) is 0 Å². The van der Waals surface area contributed by atoms with Crippen molar-refractivity contribution >= 4 is 11.8 Å². The van der Waals surface area contributed by atoms with Gasteiger partial charge in [0.1, 0.15) is 6.04 Å². The van der Waals surface area contributed by atoms with Crippen molar-refractivity contribution in [3.63, 3.8) is 0 Å². The molecular weight excluding hydrogens is 320 g/mol. The van der Waals surface area contributed by atoms with Crippen LogP contribution in [-0.4, -0.2) is 44.5 Å². The summed E-state index contributed by atoms with van der Waals surface area (Å²) >= 11 is 0. The largest absolute Gasteiger partial charge is 0.348 e. The molecule has 2 unspecified atom stereocenters. The Kier molecular flexibility index (Phi) is 4.59. The fourth-order valence-corrected chi connectivity index (χ4v) is 3.38. The molecule has 0 radical (unpaired) electrons. The highest BCUT2D eigenvalue weighted by atomic mass is 16.5. The highest BCUT2D eigenvalue weighted by molar-refractivity contribution is 5.94. The number of aromatic nitrogens is 2. The average Bonchev–Trinajstić information content (AvgIpc) is 3.22. The number of benzene rings is 1. The first-order valence-electron chi connectivity index (χ1n) is 8.25.